The van der Waals surface area contributed by atoms with E-state index in [0.717, 1.165) is 6.42 Å². The van der Waals surface area contributed by atoms with Crippen LogP contribution in [0.5, 0.6) is 0 Å². The van der Waals surface area contributed by atoms with Crippen LogP contribution in [0, 0.1) is 43.2 Å². The van der Waals surface area contributed by atoms with E-state index < -0.39 is 0 Å². The molecule has 0 saturated heterocycles. The van der Waals surface area contributed by atoms with Gasteiger partial charge >= 0.3 is 0 Å². The van der Waals surface area contributed by atoms with Crippen LogP contribution in [0.3, 0.4) is 0 Å². The average Bonchev–Trinajstić information content (AvgIpc) is 2.73. The van der Waals surface area contributed by atoms with E-state index >= 15 is 0 Å². The van der Waals surface area contributed by atoms with Gasteiger partial charge in [-0.1, -0.05) is 56.3 Å². The molecule has 1 N–H and O–H groups in total. The van der Waals surface area contributed by atoms with Crippen molar-refractivity contribution in [3.8, 4) is 0 Å². The SMILES string of the molecule is CC(C)(C)[NH-].Cl.Cl.[C-]1=CC=CC1.[CH3-].[CH3-].[CH3-].[CH3-].[CH3-].[SiH2]c1ccccc1.[Ti]. The van der Waals surface area contributed by atoms with Gasteiger partial charge in [0.1, 0.15) is 0 Å². The van der Waals surface area contributed by atoms with E-state index in [0.29, 0.717) is 0 Å². The van der Waals surface area contributed by atoms with Crippen LogP contribution in [-0.2, 0) is 21.7 Å². The van der Waals surface area contributed by atoms with E-state index in [9.17, 15) is 0 Å². The molecule has 1 nitrogen and oxygen atoms in total. The summed E-state index contributed by atoms with van der Waals surface area (Å²) in [6.07, 6.45) is 10.0. The number of benzene rings is 1. The number of allylic oxidation sites excluding steroid dienone is 4. The van der Waals surface area contributed by atoms with Gasteiger partial charge in [-0.25, -0.2) is 12.2 Å². The Balaban J connectivity index is -0.0000000192. The molecule has 1 aliphatic rings. The first-order valence-electron chi connectivity index (χ1n) is 5.73. The van der Waals surface area contributed by atoms with Crippen LogP contribution >= 0.6 is 24.8 Å². The minimum absolute atomic E-state index is 0. The second-order valence-corrected chi connectivity index (χ2v) is 5.56. The molecule has 0 aliphatic heterocycles. The van der Waals surface area contributed by atoms with Crippen molar-refractivity contribution in [2.45, 2.75) is 32.7 Å². The maximum absolute atomic E-state index is 6.94. The Morgan fingerprint density at radius 2 is 1.28 bits per heavy atom. The molecule has 2 rings (SSSR count). The van der Waals surface area contributed by atoms with Crippen molar-refractivity contribution in [1.29, 1.82) is 0 Å². The fourth-order valence-corrected chi connectivity index (χ4v) is 1.09. The number of rotatable bonds is 0. The summed E-state index contributed by atoms with van der Waals surface area (Å²) in [4.78, 5) is 0. The van der Waals surface area contributed by atoms with Crippen LogP contribution in [0.25, 0.3) is 5.73 Å². The number of nitrogens with one attached hydrogen (secondary N) is 1. The summed E-state index contributed by atoms with van der Waals surface area (Å²) < 4.78 is 0. The van der Waals surface area contributed by atoms with Gasteiger partial charge in [-0.3, -0.25) is 6.08 Å². The van der Waals surface area contributed by atoms with E-state index in [1.54, 1.807) is 0 Å². The zero-order valence-corrected chi connectivity index (χ0v) is 22.0. The third kappa shape index (κ3) is 68.5. The standard InChI is InChI=1S/C6H7Si.C5H5.C4H10N.5CH3.2ClH.Ti/c7-6-4-2-1-3-5-6;1-2-4-5-3-1;1-4(2,3)5;;;;;;;;/h1-5H,7H2;1-3H,4H2;5H,1-3H3;5*1H3;2*1H;/q;7*-1;;;. The fourth-order valence-electron chi connectivity index (χ4n) is 0.818. The molecule has 0 spiro atoms. The zero-order valence-electron chi connectivity index (χ0n) is 17.3. The van der Waals surface area contributed by atoms with Crippen molar-refractivity contribution in [2.75, 3.05) is 0 Å². The third-order valence-corrected chi connectivity index (χ3v) is 1.90. The third-order valence-electron chi connectivity index (χ3n) is 1.43. The molecule has 0 heterocycles. The number of hydrogen-bond donors (Lipinski definition) is 0. The molecule has 0 amide bonds. The first-order valence-corrected chi connectivity index (χ1v) is 6.44. The summed E-state index contributed by atoms with van der Waals surface area (Å²) in [5.41, 5.74) is 6.69. The Morgan fingerprint density at radius 1 is 0.920 bits per heavy atom. The molecule has 0 saturated carbocycles. The Hall–Kier alpha value is 0.171. The van der Waals surface area contributed by atoms with Crippen LogP contribution in [-0.4, -0.2) is 15.8 Å². The summed E-state index contributed by atoms with van der Waals surface area (Å²) in [7, 11) is 1.90. The molecule has 1 aromatic rings. The predicted octanol–water partition coefficient (Wildman–Crippen LogP) is 6.18. The monoisotopic (exact) mass is 439 g/mol. The van der Waals surface area contributed by atoms with Gasteiger partial charge in [-0.2, -0.15) is 6.08 Å². The van der Waals surface area contributed by atoms with Crippen LogP contribution < -0.4 is 5.19 Å². The summed E-state index contributed by atoms with van der Waals surface area (Å²) in [5, 5.41) is 1.35. The number of halogens is 2. The van der Waals surface area contributed by atoms with Gasteiger partial charge in [-0.05, 0) is 0 Å². The van der Waals surface area contributed by atoms with Crippen molar-refractivity contribution in [3.05, 3.63) is 97.5 Å². The molecule has 0 unspecified atom stereocenters. The quantitative estimate of drug-likeness (QED) is 0.340. The van der Waals surface area contributed by atoms with Crippen LogP contribution in [0.2, 0.25) is 0 Å². The Kier molecular flexibility index (Phi) is 79.4. The summed E-state index contributed by atoms with van der Waals surface area (Å²) in [5.74, 6) is 0. The minimum Gasteiger partial charge on any atom is -0.673 e. The first kappa shape index (κ1) is 56.2. The maximum Gasteiger partial charge on any atom is 0.0477 e. The maximum atomic E-state index is 6.94. The summed E-state index contributed by atoms with van der Waals surface area (Å²) in [6.45, 7) is 5.56. The second kappa shape index (κ2) is 35.3. The molecule has 25 heavy (non-hydrogen) atoms. The summed E-state index contributed by atoms with van der Waals surface area (Å²) in [6, 6.07) is 10.3. The van der Waals surface area contributed by atoms with E-state index in [-0.39, 0.29) is 89.2 Å². The Morgan fingerprint density at radius 3 is 1.40 bits per heavy atom. The van der Waals surface area contributed by atoms with Crippen LogP contribution in [0.1, 0.15) is 27.2 Å². The van der Waals surface area contributed by atoms with Gasteiger partial charge in [0.15, 0.2) is 0 Å². The minimum atomic E-state index is -0.250. The zero-order chi connectivity index (χ0) is 13.1. The van der Waals surface area contributed by atoms with Crippen molar-refractivity contribution >= 4 is 40.2 Å². The summed E-state index contributed by atoms with van der Waals surface area (Å²) >= 11 is 0. The molecule has 0 fully saturated rings. The molecule has 1 aliphatic carbocycles. The van der Waals surface area contributed by atoms with Crippen molar-refractivity contribution in [2.24, 2.45) is 0 Å². The van der Waals surface area contributed by atoms with Crippen molar-refractivity contribution in [3.63, 3.8) is 0 Å². The van der Waals surface area contributed by atoms with E-state index in [4.69, 9.17) is 5.73 Å². The Bertz CT molecular complexity index is 334. The van der Waals surface area contributed by atoms with E-state index in [2.05, 4.69) is 24.3 Å². The molecular weight excluding hydrogens is 401 g/mol. The molecule has 0 aromatic heterocycles. The van der Waals surface area contributed by atoms with Crippen LogP contribution in [0.15, 0.2) is 48.6 Å². The van der Waals surface area contributed by atoms with Gasteiger partial charge in [0, 0.05) is 32.0 Å². The molecular formula is C20H39Cl2NSiTi-7. The van der Waals surface area contributed by atoms with Gasteiger partial charge < -0.3 is 42.9 Å². The molecule has 0 bridgehead atoms. The predicted molar refractivity (Wildman–Crippen MR) is 127 cm³/mol. The van der Waals surface area contributed by atoms with Crippen LogP contribution in [0.4, 0.5) is 0 Å². The average molecular weight is 440 g/mol. The van der Waals surface area contributed by atoms with Crippen molar-refractivity contribution < 1.29 is 21.7 Å². The van der Waals surface area contributed by atoms with Gasteiger partial charge in [0.05, 0.1) is 0 Å². The normalized spacial score (nSPS) is 8.36. The van der Waals surface area contributed by atoms with E-state index in [1.807, 2.05) is 61.4 Å². The fraction of sp³-hybridized carbons (Fsp3) is 0.250. The first-order chi connectivity index (χ1) is 7.89. The number of hydrogen-bond acceptors (Lipinski definition) is 0. The second-order valence-electron chi connectivity index (χ2n) is 4.74. The Labute approximate surface area is 191 Å². The smallest absolute Gasteiger partial charge is 0.0477 e. The van der Waals surface area contributed by atoms with Crippen molar-refractivity contribution in [1.82, 2.24) is 0 Å². The molecule has 1 aromatic carbocycles. The molecule has 153 valence electrons. The molecule has 5 heteroatoms. The largest absolute Gasteiger partial charge is 0.673 e. The van der Waals surface area contributed by atoms with Gasteiger partial charge in [0.25, 0.3) is 0 Å². The molecule has 0 atom stereocenters. The van der Waals surface area contributed by atoms with Gasteiger partial charge in [0.2, 0.25) is 0 Å². The van der Waals surface area contributed by atoms with E-state index in [1.165, 1.54) is 5.19 Å². The molecule has 1 radical (unpaired) electrons. The topological polar surface area (TPSA) is 23.8 Å². The van der Waals surface area contributed by atoms with Gasteiger partial charge in [-0.15, -0.1) is 36.8 Å².